The lowest BCUT2D eigenvalue weighted by Gasteiger charge is -2.19. The van der Waals surface area contributed by atoms with Gasteiger partial charge in [-0.3, -0.25) is 4.79 Å². The Kier molecular flexibility index (Phi) is 8.73. The largest absolute Gasteiger partial charge is 0.490 e. The molecule has 0 heterocycles. The lowest BCUT2D eigenvalue weighted by molar-refractivity contribution is 0.0826. The van der Waals surface area contributed by atoms with Crippen LogP contribution in [-0.4, -0.2) is 39.4 Å². The molecular formula is C22H28FNO5. The van der Waals surface area contributed by atoms with Crippen molar-refractivity contribution in [3.63, 3.8) is 0 Å². The van der Waals surface area contributed by atoms with Gasteiger partial charge in [-0.1, -0.05) is 12.1 Å². The molecule has 0 bridgehead atoms. The summed E-state index contributed by atoms with van der Waals surface area (Å²) in [4.78, 5) is 12.8. The second-order valence-electron chi connectivity index (χ2n) is 6.09. The minimum atomic E-state index is -0.477. The molecule has 1 unspecified atom stereocenters. The van der Waals surface area contributed by atoms with Crippen LogP contribution in [0.25, 0.3) is 0 Å². The van der Waals surface area contributed by atoms with E-state index in [1.807, 2.05) is 20.8 Å². The number of carbonyl (C=O) groups is 1. The molecule has 29 heavy (non-hydrogen) atoms. The Morgan fingerprint density at radius 3 is 2.14 bits per heavy atom. The van der Waals surface area contributed by atoms with E-state index in [0.717, 1.165) is 0 Å². The van der Waals surface area contributed by atoms with Crippen molar-refractivity contribution in [1.82, 2.24) is 5.32 Å². The SMILES string of the molecule is CCOc1cc(C(=O)NCC(OC)c2cccc(F)c2)cc(OCC)c1OCC. The molecule has 1 atom stereocenters. The van der Waals surface area contributed by atoms with E-state index in [2.05, 4.69) is 5.32 Å². The maximum atomic E-state index is 13.5. The maximum absolute atomic E-state index is 13.5. The Balaban J connectivity index is 2.22. The van der Waals surface area contributed by atoms with Gasteiger partial charge in [0.2, 0.25) is 5.75 Å². The summed E-state index contributed by atoms with van der Waals surface area (Å²) in [6, 6.07) is 9.35. The van der Waals surface area contributed by atoms with Crippen molar-refractivity contribution in [3.8, 4) is 17.2 Å². The predicted octanol–water partition coefficient (Wildman–Crippen LogP) is 4.14. The molecule has 1 N–H and O–H groups in total. The Labute approximate surface area is 170 Å². The number of methoxy groups -OCH3 is 1. The first kappa shape index (κ1) is 22.5. The van der Waals surface area contributed by atoms with Crippen LogP contribution in [0.15, 0.2) is 36.4 Å². The van der Waals surface area contributed by atoms with Gasteiger partial charge in [0.15, 0.2) is 11.5 Å². The number of halogens is 1. The molecule has 0 aliphatic heterocycles. The zero-order chi connectivity index (χ0) is 21.2. The third kappa shape index (κ3) is 6.09. The van der Waals surface area contributed by atoms with Gasteiger partial charge in [0.1, 0.15) is 5.82 Å². The van der Waals surface area contributed by atoms with Crippen LogP contribution < -0.4 is 19.5 Å². The van der Waals surface area contributed by atoms with Crippen LogP contribution in [0.4, 0.5) is 4.39 Å². The fourth-order valence-electron chi connectivity index (χ4n) is 2.85. The molecule has 0 aromatic heterocycles. The van der Waals surface area contributed by atoms with E-state index in [0.29, 0.717) is 48.2 Å². The summed E-state index contributed by atoms with van der Waals surface area (Å²) in [6.07, 6.45) is -0.477. The van der Waals surface area contributed by atoms with Crippen molar-refractivity contribution in [2.24, 2.45) is 0 Å². The number of benzene rings is 2. The van der Waals surface area contributed by atoms with Crippen molar-refractivity contribution >= 4 is 5.91 Å². The lowest BCUT2D eigenvalue weighted by Crippen LogP contribution is -2.29. The highest BCUT2D eigenvalue weighted by Gasteiger charge is 2.19. The normalized spacial score (nSPS) is 11.6. The molecule has 2 aromatic carbocycles. The molecule has 0 saturated heterocycles. The molecule has 2 rings (SSSR count). The van der Waals surface area contributed by atoms with Gasteiger partial charge >= 0.3 is 0 Å². The van der Waals surface area contributed by atoms with Gasteiger partial charge in [0.05, 0.1) is 25.9 Å². The van der Waals surface area contributed by atoms with Gasteiger partial charge in [-0.25, -0.2) is 4.39 Å². The van der Waals surface area contributed by atoms with Crippen LogP contribution in [0.2, 0.25) is 0 Å². The van der Waals surface area contributed by atoms with Crippen LogP contribution in [-0.2, 0) is 4.74 Å². The maximum Gasteiger partial charge on any atom is 0.251 e. The monoisotopic (exact) mass is 405 g/mol. The summed E-state index contributed by atoms with van der Waals surface area (Å²) in [5, 5.41) is 2.82. The van der Waals surface area contributed by atoms with Crippen LogP contribution in [0.5, 0.6) is 17.2 Å². The summed E-state index contributed by atoms with van der Waals surface area (Å²) in [5.41, 5.74) is 1.01. The number of ether oxygens (including phenoxy) is 4. The number of hydrogen-bond donors (Lipinski definition) is 1. The first-order chi connectivity index (χ1) is 14.0. The minimum absolute atomic E-state index is 0.180. The molecule has 2 aromatic rings. The molecular weight excluding hydrogens is 377 g/mol. The highest BCUT2D eigenvalue weighted by Crippen LogP contribution is 2.39. The molecule has 6 nitrogen and oxygen atoms in total. The van der Waals surface area contributed by atoms with Gasteiger partial charge in [-0.15, -0.1) is 0 Å². The third-order valence-corrected chi connectivity index (χ3v) is 4.12. The summed E-state index contributed by atoms with van der Waals surface area (Å²) in [6.45, 7) is 7.03. The zero-order valence-electron chi connectivity index (χ0n) is 17.3. The fourth-order valence-corrected chi connectivity index (χ4v) is 2.85. The molecule has 0 fully saturated rings. The number of amides is 1. The highest BCUT2D eigenvalue weighted by molar-refractivity contribution is 5.95. The Morgan fingerprint density at radius 1 is 1.00 bits per heavy atom. The summed E-state index contributed by atoms with van der Waals surface area (Å²) < 4.78 is 35.8. The van der Waals surface area contributed by atoms with Crippen LogP contribution in [0.1, 0.15) is 42.8 Å². The molecule has 0 aliphatic carbocycles. The van der Waals surface area contributed by atoms with E-state index >= 15 is 0 Å². The van der Waals surface area contributed by atoms with Crippen LogP contribution in [0, 0.1) is 5.82 Å². The molecule has 7 heteroatoms. The number of nitrogens with one attached hydrogen (secondary N) is 1. The van der Waals surface area contributed by atoms with E-state index in [1.165, 1.54) is 19.2 Å². The lowest BCUT2D eigenvalue weighted by atomic mass is 10.1. The van der Waals surface area contributed by atoms with Crippen molar-refractivity contribution in [2.75, 3.05) is 33.5 Å². The van der Waals surface area contributed by atoms with Crippen molar-refractivity contribution < 1.29 is 28.1 Å². The predicted molar refractivity (Wildman–Crippen MR) is 108 cm³/mol. The van der Waals surface area contributed by atoms with Crippen LogP contribution >= 0.6 is 0 Å². The summed E-state index contributed by atoms with van der Waals surface area (Å²) in [5.74, 6) is 0.679. The first-order valence-corrected chi connectivity index (χ1v) is 9.66. The Hall–Kier alpha value is -2.80. The van der Waals surface area contributed by atoms with E-state index in [-0.39, 0.29) is 18.3 Å². The number of rotatable bonds is 11. The van der Waals surface area contributed by atoms with Gasteiger partial charge in [0.25, 0.3) is 5.91 Å². The topological polar surface area (TPSA) is 66.0 Å². The molecule has 0 aliphatic rings. The molecule has 0 radical (unpaired) electrons. The fraction of sp³-hybridized carbons (Fsp3) is 0.409. The minimum Gasteiger partial charge on any atom is -0.490 e. The van der Waals surface area contributed by atoms with Gasteiger partial charge in [0, 0.05) is 19.2 Å². The molecule has 158 valence electrons. The third-order valence-electron chi connectivity index (χ3n) is 4.12. The van der Waals surface area contributed by atoms with Crippen LogP contribution in [0.3, 0.4) is 0 Å². The number of carbonyl (C=O) groups excluding carboxylic acids is 1. The van der Waals surface area contributed by atoms with Gasteiger partial charge < -0.3 is 24.3 Å². The number of hydrogen-bond acceptors (Lipinski definition) is 5. The van der Waals surface area contributed by atoms with Gasteiger partial charge in [-0.2, -0.15) is 0 Å². The molecule has 1 amide bonds. The second-order valence-corrected chi connectivity index (χ2v) is 6.09. The van der Waals surface area contributed by atoms with E-state index in [4.69, 9.17) is 18.9 Å². The average molecular weight is 405 g/mol. The van der Waals surface area contributed by atoms with Crippen molar-refractivity contribution in [3.05, 3.63) is 53.3 Å². The van der Waals surface area contributed by atoms with E-state index < -0.39 is 6.10 Å². The first-order valence-electron chi connectivity index (χ1n) is 9.66. The quantitative estimate of drug-likeness (QED) is 0.609. The summed E-state index contributed by atoms with van der Waals surface area (Å²) >= 11 is 0. The molecule has 0 saturated carbocycles. The van der Waals surface area contributed by atoms with Gasteiger partial charge in [-0.05, 0) is 50.6 Å². The highest BCUT2D eigenvalue weighted by atomic mass is 19.1. The Morgan fingerprint density at radius 2 is 1.62 bits per heavy atom. The standard InChI is InChI=1S/C22H28FNO5/c1-5-27-18-12-16(13-19(28-6-2)21(18)29-7-3)22(25)24-14-20(26-4)15-9-8-10-17(23)11-15/h8-13,20H,5-7,14H2,1-4H3,(H,24,25). The molecule has 0 spiro atoms. The van der Waals surface area contributed by atoms with Crippen molar-refractivity contribution in [1.29, 1.82) is 0 Å². The van der Waals surface area contributed by atoms with E-state index in [1.54, 1.807) is 24.3 Å². The smallest absolute Gasteiger partial charge is 0.251 e. The van der Waals surface area contributed by atoms with E-state index in [9.17, 15) is 9.18 Å². The Bertz CT molecular complexity index is 785. The van der Waals surface area contributed by atoms with Crippen molar-refractivity contribution in [2.45, 2.75) is 26.9 Å². The zero-order valence-corrected chi connectivity index (χ0v) is 17.3. The second kappa shape index (κ2) is 11.3. The summed E-state index contributed by atoms with van der Waals surface area (Å²) in [7, 11) is 1.51. The average Bonchev–Trinajstić information content (AvgIpc) is 2.71.